The Balaban J connectivity index is 2.54. The summed E-state index contributed by atoms with van der Waals surface area (Å²) < 4.78 is 33.4. The van der Waals surface area contributed by atoms with E-state index in [0.717, 1.165) is 89.9 Å². The van der Waals surface area contributed by atoms with E-state index in [4.69, 9.17) is 18.5 Å². The Labute approximate surface area is 358 Å². The third-order valence-electron chi connectivity index (χ3n) is 9.65. The number of allylic oxidation sites excluding steroid dienone is 11. The van der Waals surface area contributed by atoms with E-state index in [0.29, 0.717) is 19.3 Å². The van der Waals surface area contributed by atoms with Crippen molar-refractivity contribution >= 4 is 19.8 Å². The molecule has 1 rings (SSSR count). The third kappa shape index (κ3) is 27.2. The fraction of sp³-hybridized carbons (Fsp3) is 0.689. The van der Waals surface area contributed by atoms with Crippen LogP contribution in [0.25, 0.3) is 0 Å². The molecule has 4 unspecified atom stereocenters. The Morgan fingerprint density at radius 1 is 0.600 bits per heavy atom. The number of aliphatic hydroxyl groups is 6. The Kier molecular flexibility index (Phi) is 32.0. The number of ether oxygens (including phenoxy) is 2. The molecule has 0 saturated heterocycles. The molecule has 1 aliphatic rings. The van der Waals surface area contributed by atoms with Gasteiger partial charge in [-0.2, -0.15) is 0 Å². The fourth-order valence-electron chi connectivity index (χ4n) is 6.13. The Morgan fingerprint density at radius 3 is 1.72 bits per heavy atom. The molecule has 0 bridgehead atoms. The smallest absolute Gasteiger partial charge is 0.462 e. The monoisotopic (exact) mass is 870 g/mol. The van der Waals surface area contributed by atoms with Crippen LogP contribution in [0.5, 0.6) is 0 Å². The third-order valence-corrected chi connectivity index (χ3v) is 10.6. The van der Waals surface area contributed by atoms with Crippen molar-refractivity contribution in [2.45, 2.75) is 185 Å². The maximum atomic E-state index is 12.8. The molecule has 1 fully saturated rings. The summed E-state index contributed by atoms with van der Waals surface area (Å²) in [6, 6.07) is 0. The minimum absolute atomic E-state index is 0.0191. The van der Waals surface area contributed by atoms with E-state index in [1.807, 2.05) is 18.2 Å². The number of phosphoric acid groups is 1. The van der Waals surface area contributed by atoms with Gasteiger partial charge in [-0.05, 0) is 64.2 Å². The van der Waals surface area contributed by atoms with Crippen LogP contribution in [0.15, 0.2) is 72.9 Å². The summed E-state index contributed by atoms with van der Waals surface area (Å²) in [6.45, 7) is 2.93. The molecule has 60 heavy (non-hydrogen) atoms. The predicted octanol–water partition coefficient (Wildman–Crippen LogP) is 6.91. The lowest BCUT2D eigenvalue weighted by Crippen LogP contribution is -2.64. The van der Waals surface area contributed by atoms with Crippen LogP contribution in [0.4, 0.5) is 0 Å². The normalized spacial score (nSPS) is 23.4. The van der Waals surface area contributed by atoms with Crippen molar-refractivity contribution in [2.75, 3.05) is 13.2 Å². The molecule has 0 aromatic carbocycles. The van der Waals surface area contributed by atoms with Gasteiger partial charge in [0.1, 0.15) is 43.2 Å². The molecule has 0 radical (unpaired) electrons. The first-order valence-corrected chi connectivity index (χ1v) is 23.3. The molecule has 9 atom stereocenters. The van der Waals surface area contributed by atoms with Gasteiger partial charge in [0.15, 0.2) is 6.10 Å². The van der Waals surface area contributed by atoms with Crippen molar-refractivity contribution in [3.05, 3.63) is 72.9 Å². The van der Waals surface area contributed by atoms with Gasteiger partial charge in [-0.15, -0.1) is 0 Å². The number of phosphoric ester groups is 1. The second-order valence-corrected chi connectivity index (χ2v) is 16.4. The maximum absolute atomic E-state index is 12.8. The summed E-state index contributed by atoms with van der Waals surface area (Å²) in [5, 5.41) is 60.2. The zero-order valence-electron chi connectivity index (χ0n) is 35.8. The average Bonchev–Trinajstić information content (AvgIpc) is 3.22. The number of carbonyl (C=O) groups excluding carboxylic acids is 2. The first-order valence-electron chi connectivity index (χ1n) is 21.8. The number of aliphatic hydroxyl groups excluding tert-OH is 6. The van der Waals surface area contributed by atoms with E-state index in [2.05, 4.69) is 62.5 Å². The number of unbranched alkanes of at least 4 members (excludes halogenated alkanes) is 9. The van der Waals surface area contributed by atoms with E-state index < -0.39 is 81.8 Å². The second kappa shape index (κ2) is 34.8. The molecule has 15 heteroatoms. The van der Waals surface area contributed by atoms with Gasteiger partial charge in [-0.25, -0.2) is 4.57 Å². The zero-order chi connectivity index (χ0) is 44.4. The van der Waals surface area contributed by atoms with Crippen LogP contribution in [0, 0.1) is 0 Å². The van der Waals surface area contributed by atoms with Crippen molar-refractivity contribution in [1.82, 2.24) is 0 Å². The van der Waals surface area contributed by atoms with Gasteiger partial charge in [0.25, 0.3) is 0 Å². The van der Waals surface area contributed by atoms with Crippen LogP contribution in [-0.4, -0.2) is 110 Å². The highest BCUT2D eigenvalue weighted by molar-refractivity contribution is 7.47. The van der Waals surface area contributed by atoms with Crippen LogP contribution >= 0.6 is 7.82 Å². The van der Waals surface area contributed by atoms with E-state index in [1.165, 1.54) is 0 Å². The van der Waals surface area contributed by atoms with E-state index in [1.54, 1.807) is 6.08 Å². The summed E-state index contributed by atoms with van der Waals surface area (Å²) in [6.07, 6.45) is 25.4. The molecule has 0 aliphatic heterocycles. The van der Waals surface area contributed by atoms with Gasteiger partial charge >= 0.3 is 19.8 Å². The lowest BCUT2D eigenvalue weighted by Gasteiger charge is -2.41. The van der Waals surface area contributed by atoms with Gasteiger partial charge in [0.2, 0.25) is 0 Å². The highest BCUT2D eigenvalue weighted by atomic mass is 31.2. The number of esters is 2. The topological polar surface area (TPSA) is 230 Å². The lowest BCUT2D eigenvalue weighted by atomic mass is 9.85. The molecular formula is C45H75O14P. The predicted molar refractivity (Wildman–Crippen MR) is 231 cm³/mol. The summed E-state index contributed by atoms with van der Waals surface area (Å²) in [4.78, 5) is 35.6. The first-order chi connectivity index (χ1) is 28.8. The van der Waals surface area contributed by atoms with Gasteiger partial charge < -0.3 is 45.0 Å². The van der Waals surface area contributed by atoms with Crippen LogP contribution in [0.3, 0.4) is 0 Å². The summed E-state index contributed by atoms with van der Waals surface area (Å²) in [7, 11) is -5.15. The first kappa shape index (κ1) is 55.3. The van der Waals surface area contributed by atoms with Crippen LogP contribution in [-0.2, 0) is 32.7 Å². The highest BCUT2D eigenvalue weighted by Crippen LogP contribution is 2.47. The maximum Gasteiger partial charge on any atom is 0.472 e. The zero-order valence-corrected chi connectivity index (χ0v) is 36.7. The van der Waals surface area contributed by atoms with Gasteiger partial charge in [0, 0.05) is 12.8 Å². The minimum atomic E-state index is -5.15. The van der Waals surface area contributed by atoms with E-state index >= 15 is 0 Å². The number of hydrogen-bond donors (Lipinski definition) is 7. The molecule has 0 aromatic heterocycles. The molecule has 0 aromatic rings. The fourth-order valence-corrected chi connectivity index (χ4v) is 7.10. The van der Waals surface area contributed by atoms with Crippen LogP contribution in [0.1, 0.15) is 136 Å². The summed E-state index contributed by atoms with van der Waals surface area (Å²) in [5.74, 6) is -1.20. The average molecular weight is 871 g/mol. The minimum Gasteiger partial charge on any atom is -0.462 e. The highest BCUT2D eigenvalue weighted by Gasteiger charge is 2.51. The Bertz CT molecular complexity index is 1340. The summed E-state index contributed by atoms with van der Waals surface area (Å²) in [5.41, 5.74) is 0. The molecule has 0 spiro atoms. The van der Waals surface area contributed by atoms with Crippen LogP contribution in [0.2, 0.25) is 0 Å². The molecular weight excluding hydrogens is 795 g/mol. The molecule has 0 heterocycles. The number of carbonyl (C=O) groups is 2. The number of hydrogen-bond acceptors (Lipinski definition) is 13. The van der Waals surface area contributed by atoms with E-state index in [-0.39, 0.29) is 12.8 Å². The molecule has 14 nitrogen and oxygen atoms in total. The van der Waals surface area contributed by atoms with Gasteiger partial charge in [-0.1, -0.05) is 132 Å². The molecule has 344 valence electrons. The molecule has 1 saturated carbocycles. The lowest BCUT2D eigenvalue weighted by molar-refractivity contribution is -0.220. The van der Waals surface area contributed by atoms with E-state index in [9.17, 15) is 49.7 Å². The van der Waals surface area contributed by atoms with Gasteiger partial charge in [-0.3, -0.25) is 18.6 Å². The standard InChI is InChI=1S/C45H75O14P/c1-3-5-7-9-11-12-13-14-15-16-17-18-20-24-28-32-38(47)56-34-37(35-57-60(54,55)59-45-43(52)41(50)40(49)42(51)44(45)53)58-39(48)33-29-25-21-23-27-31-36(46)30-26-22-19-10-8-6-4-2/h5-8,11-12,14-15,19,22,26,30,36-37,40-46,49-53H,3-4,9-10,13,16-18,20-21,23-25,27-29,31-35H2,1-2H3,(H,54,55)/b7-5-,8-6+,12-11-,15-14-,22-19+,30-26+/t36?,37-,40?,41-,42+,43-,44-,45?/m1/s1. The Hall–Kier alpha value is -2.75. The van der Waals surface area contributed by atoms with Crippen molar-refractivity contribution < 1.29 is 68.2 Å². The number of rotatable bonds is 34. The second-order valence-electron chi connectivity index (χ2n) is 15.0. The summed E-state index contributed by atoms with van der Waals surface area (Å²) >= 11 is 0. The van der Waals surface area contributed by atoms with Gasteiger partial charge in [0.05, 0.1) is 12.7 Å². The molecule has 7 N–H and O–H groups in total. The van der Waals surface area contributed by atoms with Crippen molar-refractivity contribution in [1.29, 1.82) is 0 Å². The molecule has 0 amide bonds. The largest absolute Gasteiger partial charge is 0.472 e. The SMILES string of the molecule is CC/C=C\C/C=C\C/C=C\CCCCCCCC(=O)OC[C@H](COP(=O)(O)OC1[C@H](O)[C@H](O)C(O)[C@H](O)[C@H]1O)OC(=O)CCCCCCCC(O)/C=C/C=C/C/C=C/CC. The Morgan fingerprint density at radius 2 is 1.10 bits per heavy atom. The quantitative estimate of drug-likeness (QED) is 0.0115. The molecule has 1 aliphatic carbocycles. The van der Waals surface area contributed by atoms with Crippen LogP contribution < -0.4 is 0 Å². The van der Waals surface area contributed by atoms with Crippen molar-refractivity contribution in [3.8, 4) is 0 Å². The van der Waals surface area contributed by atoms with Crippen molar-refractivity contribution in [3.63, 3.8) is 0 Å². The van der Waals surface area contributed by atoms with Crippen molar-refractivity contribution in [2.24, 2.45) is 0 Å².